The number of hydrogen-bond acceptors (Lipinski definition) is 11. The van der Waals surface area contributed by atoms with E-state index in [1.807, 2.05) is 22.9 Å². The highest BCUT2D eigenvalue weighted by molar-refractivity contribution is 8.01. The van der Waals surface area contributed by atoms with Gasteiger partial charge in [-0.3, -0.25) is 0 Å². The van der Waals surface area contributed by atoms with E-state index in [-0.39, 0.29) is 36.8 Å². The van der Waals surface area contributed by atoms with Crippen LogP contribution >= 0.6 is 79.8 Å². The van der Waals surface area contributed by atoms with E-state index in [4.69, 9.17) is 9.47 Å². The fraction of sp³-hybridized carbons (Fsp3) is 0.404. The number of carbonyl (C=O) groups excluding carboxylic acids is 2. The molecule has 2 atom stereocenters. The number of esters is 2. The van der Waals surface area contributed by atoms with Crippen molar-refractivity contribution in [3.8, 4) is 40.4 Å². The minimum Gasteiger partial charge on any atom is -0.462 e. The predicted octanol–water partition coefficient (Wildman–Crippen LogP) is 17.5. The van der Waals surface area contributed by atoms with Gasteiger partial charge in [-0.2, -0.15) is 0 Å². The molecule has 2 unspecified atom stereocenters. The highest BCUT2D eigenvalue weighted by atomic mass is 32.2. The van der Waals surface area contributed by atoms with Gasteiger partial charge in [0, 0.05) is 60.9 Å². The van der Waals surface area contributed by atoms with Crippen LogP contribution in [0.25, 0.3) is 60.6 Å². The van der Waals surface area contributed by atoms with Crippen molar-refractivity contribution in [3.63, 3.8) is 0 Å². The Labute approximate surface area is 380 Å². The van der Waals surface area contributed by atoms with Crippen molar-refractivity contribution < 1.29 is 27.8 Å². The van der Waals surface area contributed by atoms with Crippen LogP contribution in [0, 0.1) is 17.6 Å². The first-order valence-corrected chi connectivity index (χ1v) is 26.8. The molecule has 60 heavy (non-hydrogen) atoms. The normalized spacial score (nSPS) is 12.8. The largest absolute Gasteiger partial charge is 0.462 e. The molecular weight excluding hydrogens is 891 g/mol. The summed E-state index contributed by atoms with van der Waals surface area (Å²) in [7, 11) is 0. The van der Waals surface area contributed by atoms with Gasteiger partial charge in [-0.25, -0.2) is 18.4 Å². The van der Waals surface area contributed by atoms with Crippen LogP contribution in [0.2, 0.25) is 0 Å². The Morgan fingerprint density at radius 3 is 1.70 bits per heavy atom. The van der Waals surface area contributed by atoms with Gasteiger partial charge in [0.15, 0.2) is 0 Å². The van der Waals surface area contributed by atoms with E-state index in [1.165, 1.54) is 45.3 Å². The van der Waals surface area contributed by atoms with Crippen molar-refractivity contribution in [2.45, 2.75) is 109 Å². The van der Waals surface area contributed by atoms with Crippen LogP contribution in [-0.4, -0.2) is 30.4 Å². The van der Waals surface area contributed by atoms with Crippen molar-refractivity contribution in [1.29, 1.82) is 0 Å². The fourth-order valence-corrected chi connectivity index (χ4v) is 16.1. The van der Waals surface area contributed by atoms with Crippen LogP contribution in [0.4, 0.5) is 8.78 Å². The number of thioether (sulfide) groups is 1. The number of fused-ring (bicyclic) bond motifs is 2. The molecule has 13 heteroatoms. The molecule has 1 aromatic carbocycles. The summed E-state index contributed by atoms with van der Waals surface area (Å²) in [5.74, 6) is -0.773. The zero-order valence-corrected chi connectivity index (χ0v) is 40.5. The molecule has 0 aliphatic heterocycles. The average Bonchev–Trinajstić information content (AvgIpc) is 4.10. The lowest BCUT2D eigenvalue weighted by molar-refractivity contribution is 0.0518. The third kappa shape index (κ3) is 9.38. The molecule has 0 bridgehead atoms. The Morgan fingerprint density at radius 2 is 1.18 bits per heavy atom. The molecule has 4 nitrogen and oxygen atoms in total. The maximum Gasteiger partial charge on any atom is 0.339 e. The topological polar surface area (TPSA) is 52.6 Å². The molecular formula is C47H50F2O4S7. The van der Waals surface area contributed by atoms with Gasteiger partial charge in [-0.1, -0.05) is 66.2 Å². The molecule has 0 fully saturated rings. The summed E-state index contributed by atoms with van der Waals surface area (Å²) in [6, 6.07) is 11.3. The van der Waals surface area contributed by atoms with E-state index in [1.54, 1.807) is 60.4 Å². The molecule has 0 radical (unpaired) electrons. The number of hydrogen-bond donors (Lipinski definition) is 0. The summed E-state index contributed by atoms with van der Waals surface area (Å²) in [5, 5.41) is 5.98. The molecule has 0 saturated carbocycles. The highest BCUT2D eigenvalue weighted by Gasteiger charge is 2.29. The smallest absolute Gasteiger partial charge is 0.339 e. The second-order valence-electron chi connectivity index (χ2n) is 14.8. The number of carbonyl (C=O) groups is 2. The Bertz CT molecular complexity index is 2350. The standard InChI is InChI=1S/C47H50F2O4S7/c1-7-13-15-26(9-3)21-34-32(48)24-35(57-34)39-30-22-37(41-28(17-19-54-41)45(50)52-11-5)59-44(30)40(36-25-33(49)47(60-36)56-27(10-4)16-14-8-2)31-23-38(58-43(31)39)42-29(18-20-55-42)46(51)53-12-6/h17-20,22-27H,7-16,21H2,1-6H3. The molecule has 7 aromatic rings. The van der Waals surface area contributed by atoms with Crippen molar-refractivity contribution in [1.82, 2.24) is 0 Å². The van der Waals surface area contributed by atoms with Crippen molar-refractivity contribution in [2.24, 2.45) is 5.92 Å². The van der Waals surface area contributed by atoms with Crippen molar-refractivity contribution >= 4 is 112 Å². The van der Waals surface area contributed by atoms with Crippen LogP contribution in [0.5, 0.6) is 0 Å². The van der Waals surface area contributed by atoms with E-state index in [2.05, 4.69) is 39.8 Å². The lowest BCUT2D eigenvalue weighted by Gasteiger charge is -2.13. The first-order chi connectivity index (χ1) is 29.1. The highest BCUT2D eigenvalue weighted by Crippen LogP contribution is 2.56. The molecule has 7 rings (SSSR count). The number of halogens is 2. The molecule has 0 aliphatic carbocycles. The molecule has 0 amide bonds. The Balaban J connectivity index is 1.52. The zero-order chi connectivity index (χ0) is 42.5. The first-order valence-electron chi connectivity index (χ1n) is 20.9. The third-order valence-electron chi connectivity index (χ3n) is 10.8. The monoisotopic (exact) mass is 940 g/mol. The summed E-state index contributed by atoms with van der Waals surface area (Å²) >= 11 is 10.8. The van der Waals surface area contributed by atoms with Gasteiger partial charge in [-0.15, -0.1) is 79.8 Å². The molecule has 6 aromatic heterocycles. The molecule has 6 heterocycles. The van der Waals surface area contributed by atoms with E-state index < -0.39 is 0 Å². The summed E-state index contributed by atoms with van der Waals surface area (Å²) in [4.78, 5) is 32.2. The van der Waals surface area contributed by atoms with E-state index >= 15 is 8.78 Å². The Morgan fingerprint density at radius 1 is 0.650 bits per heavy atom. The molecule has 0 saturated heterocycles. The van der Waals surface area contributed by atoms with Gasteiger partial charge in [-0.05, 0) is 86.2 Å². The van der Waals surface area contributed by atoms with Crippen LogP contribution in [0.1, 0.15) is 119 Å². The summed E-state index contributed by atoms with van der Waals surface area (Å²) in [6.07, 6.45) is 9.13. The third-order valence-corrected chi connectivity index (χ3v) is 19.2. The molecule has 318 valence electrons. The van der Waals surface area contributed by atoms with Crippen LogP contribution in [0.3, 0.4) is 0 Å². The van der Waals surface area contributed by atoms with Gasteiger partial charge >= 0.3 is 11.9 Å². The van der Waals surface area contributed by atoms with Gasteiger partial charge in [0.1, 0.15) is 11.6 Å². The van der Waals surface area contributed by atoms with Gasteiger partial charge in [0.2, 0.25) is 0 Å². The summed E-state index contributed by atoms with van der Waals surface area (Å²) < 4.78 is 46.0. The molecule has 0 N–H and O–H groups in total. The van der Waals surface area contributed by atoms with Gasteiger partial charge in [0.05, 0.1) is 38.3 Å². The first kappa shape index (κ1) is 45.1. The van der Waals surface area contributed by atoms with Crippen LogP contribution in [0.15, 0.2) is 51.4 Å². The summed E-state index contributed by atoms with van der Waals surface area (Å²) in [6.45, 7) is 12.9. The quantitative estimate of drug-likeness (QED) is 0.0563. The molecule has 0 aliphatic rings. The SMILES string of the molecule is CCCCC(CC)Cc1sc(-c2c3cc(-c4sccc4C(=O)OCC)sc3c(-c3cc(F)c(SC(CC)CCCC)s3)c3cc(-c4sccc4C(=O)OCC)sc23)cc1F. The van der Waals surface area contributed by atoms with Gasteiger partial charge < -0.3 is 9.47 Å². The number of benzene rings is 1. The van der Waals surface area contributed by atoms with E-state index in [0.717, 1.165) is 117 Å². The summed E-state index contributed by atoms with van der Waals surface area (Å²) in [5.41, 5.74) is 2.84. The second-order valence-corrected chi connectivity index (χ2v) is 22.5. The van der Waals surface area contributed by atoms with Crippen LogP contribution < -0.4 is 0 Å². The van der Waals surface area contributed by atoms with E-state index in [9.17, 15) is 9.59 Å². The van der Waals surface area contributed by atoms with E-state index in [0.29, 0.717) is 32.9 Å². The molecule has 0 spiro atoms. The predicted molar refractivity (Wildman–Crippen MR) is 259 cm³/mol. The minimum absolute atomic E-state index is 0.191. The number of ether oxygens (including phenoxy) is 2. The number of rotatable bonds is 20. The van der Waals surface area contributed by atoms with Gasteiger partial charge in [0.25, 0.3) is 0 Å². The average molecular weight is 941 g/mol. The zero-order valence-electron chi connectivity index (χ0n) is 34.8. The Hall–Kier alpha value is -2.91. The lowest BCUT2D eigenvalue weighted by atomic mass is 9.95. The maximum atomic E-state index is 16.3. The lowest BCUT2D eigenvalue weighted by Crippen LogP contribution is -2.03. The number of unbranched alkanes of at least 4 members (excludes halogenated alkanes) is 2. The van der Waals surface area contributed by atoms with Crippen molar-refractivity contribution in [2.75, 3.05) is 13.2 Å². The minimum atomic E-state index is -0.375. The number of thiophene rings is 6. The maximum absolute atomic E-state index is 16.3. The Kier molecular flexibility index (Phi) is 15.4. The fourth-order valence-electron chi connectivity index (χ4n) is 7.58. The van der Waals surface area contributed by atoms with Crippen molar-refractivity contribution in [3.05, 3.63) is 74.8 Å². The second kappa shape index (κ2) is 20.5. The van der Waals surface area contributed by atoms with Crippen LogP contribution in [-0.2, 0) is 15.9 Å².